The number of ether oxygens (including phenoxy) is 4. The predicted molar refractivity (Wildman–Crippen MR) is 143 cm³/mol. The monoisotopic (exact) mass is 507 g/mol. The van der Waals surface area contributed by atoms with Crippen molar-refractivity contribution >= 4 is 23.0 Å². The molecule has 0 spiro atoms. The first-order valence-electron chi connectivity index (χ1n) is 12.7. The highest BCUT2D eigenvalue weighted by Gasteiger charge is 2.34. The second-order valence-corrected chi connectivity index (χ2v) is 10.8. The molecule has 1 fully saturated rings. The summed E-state index contributed by atoms with van der Waals surface area (Å²) in [5.41, 5.74) is 3.80. The summed E-state index contributed by atoms with van der Waals surface area (Å²) in [6, 6.07) is 11.5. The zero-order valence-electron chi connectivity index (χ0n) is 22.8. The van der Waals surface area contributed by atoms with Gasteiger partial charge in [0.05, 0.1) is 24.3 Å². The average molecular weight is 508 g/mol. The number of carbonyl (C=O) groups is 2. The van der Waals surface area contributed by atoms with Crippen LogP contribution in [-0.2, 0) is 14.2 Å². The normalized spacial score (nSPS) is 20.0. The van der Waals surface area contributed by atoms with Gasteiger partial charge in [0, 0.05) is 24.6 Å². The molecule has 0 amide bonds. The number of carbonyl (C=O) groups excluding carboxylic acids is 2. The van der Waals surface area contributed by atoms with Gasteiger partial charge < -0.3 is 18.9 Å². The molecule has 0 N–H and O–H groups in total. The van der Waals surface area contributed by atoms with Crippen molar-refractivity contribution in [2.24, 2.45) is 0 Å². The first-order valence-corrected chi connectivity index (χ1v) is 12.7. The van der Waals surface area contributed by atoms with Crippen molar-refractivity contribution in [3.8, 4) is 5.75 Å². The molecule has 3 aromatic rings. The highest BCUT2D eigenvalue weighted by molar-refractivity contribution is 5.96. The zero-order chi connectivity index (χ0) is 26.9. The smallest absolute Gasteiger partial charge is 0.419 e. The molecule has 0 bridgehead atoms. The lowest BCUT2D eigenvalue weighted by Crippen LogP contribution is -2.35. The van der Waals surface area contributed by atoms with Crippen molar-refractivity contribution in [3.63, 3.8) is 0 Å². The van der Waals surface area contributed by atoms with Gasteiger partial charge in [0.25, 0.3) is 0 Å². The topological polar surface area (TPSA) is 76.0 Å². The lowest BCUT2D eigenvalue weighted by Gasteiger charge is -2.36. The van der Waals surface area contributed by atoms with Crippen molar-refractivity contribution in [2.75, 3.05) is 14.2 Å². The molecular weight excluding hydrogens is 470 g/mol. The number of rotatable bonds is 5. The largest absolute Gasteiger partial charge is 0.489 e. The molecule has 2 aromatic carbocycles. The van der Waals surface area contributed by atoms with Gasteiger partial charge in [-0.3, -0.25) is 4.57 Å². The van der Waals surface area contributed by atoms with Gasteiger partial charge >= 0.3 is 12.1 Å². The van der Waals surface area contributed by atoms with Gasteiger partial charge in [-0.15, -0.1) is 0 Å². The number of hydrogen-bond donors (Lipinski definition) is 0. The molecule has 198 valence electrons. The summed E-state index contributed by atoms with van der Waals surface area (Å²) >= 11 is 0. The number of aromatic nitrogens is 1. The van der Waals surface area contributed by atoms with E-state index >= 15 is 0 Å². The molecule has 1 heterocycles. The van der Waals surface area contributed by atoms with Gasteiger partial charge in [-0.25, -0.2) is 9.59 Å². The summed E-state index contributed by atoms with van der Waals surface area (Å²) < 4.78 is 24.6. The molecule has 1 aromatic heterocycles. The van der Waals surface area contributed by atoms with E-state index in [0.29, 0.717) is 5.56 Å². The number of hydrogen-bond acceptors (Lipinski definition) is 6. The van der Waals surface area contributed by atoms with E-state index < -0.39 is 11.7 Å². The number of benzene rings is 2. The Balaban J connectivity index is 1.69. The van der Waals surface area contributed by atoms with Crippen LogP contribution in [0.25, 0.3) is 10.9 Å². The predicted octanol–water partition coefficient (Wildman–Crippen LogP) is 6.56. The molecule has 7 nitrogen and oxygen atoms in total. The van der Waals surface area contributed by atoms with Crippen LogP contribution in [-0.4, -0.2) is 48.7 Å². The van der Waals surface area contributed by atoms with Crippen LogP contribution in [0.15, 0.2) is 42.6 Å². The standard InChI is InChI=1S/C30H37NO6/c1-18-16-19(2)27(23-14-15-31(26(18)23)29(33)37-30(3,4)5)36-25-13-12-22(34-6)17-24(25)20-8-10-21(11-9-20)28(32)35-7/h8-11,14-16,22,24-25H,12-13,17H2,1-7H3/t22-,24?,25-/m0/s1. The fourth-order valence-electron chi connectivity index (χ4n) is 5.25. The third-order valence-corrected chi connectivity index (χ3v) is 6.99. The Hall–Kier alpha value is -3.32. The Bertz CT molecular complexity index is 1280. The second kappa shape index (κ2) is 10.6. The molecular formula is C30H37NO6. The maximum absolute atomic E-state index is 12.9. The van der Waals surface area contributed by atoms with E-state index in [2.05, 4.69) is 6.07 Å². The van der Waals surface area contributed by atoms with Crippen LogP contribution in [0.3, 0.4) is 0 Å². The van der Waals surface area contributed by atoms with E-state index in [1.165, 1.54) is 7.11 Å². The third-order valence-electron chi connectivity index (χ3n) is 6.99. The van der Waals surface area contributed by atoms with Crippen LogP contribution in [0.5, 0.6) is 5.75 Å². The van der Waals surface area contributed by atoms with E-state index in [0.717, 1.165) is 52.6 Å². The Morgan fingerprint density at radius 2 is 1.68 bits per heavy atom. The van der Waals surface area contributed by atoms with E-state index in [1.54, 1.807) is 30.0 Å². The molecule has 4 rings (SSSR count). The average Bonchev–Trinajstić information content (AvgIpc) is 3.31. The van der Waals surface area contributed by atoms with Crippen molar-refractivity contribution in [1.29, 1.82) is 0 Å². The molecule has 0 aliphatic heterocycles. The SMILES string of the molecule is COC(=O)c1ccc(C2C[C@@H](OC)CC[C@@H]2Oc2c(C)cc(C)c3c2ccn3C(=O)OC(C)(C)C)cc1. The van der Waals surface area contributed by atoms with Crippen LogP contribution < -0.4 is 4.74 Å². The fourth-order valence-corrected chi connectivity index (χ4v) is 5.25. The summed E-state index contributed by atoms with van der Waals surface area (Å²) in [4.78, 5) is 24.8. The van der Waals surface area contributed by atoms with Crippen molar-refractivity contribution < 1.29 is 28.5 Å². The first kappa shape index (κ1) is 26.7. The summed E-state index contributed by atoms with van der Waals surface area (Å²) in [5, 5.41) is 0.886. The number of nitrogens with zero attached hydrogens (tertiary/aromatic N) is 1. The summed E-state index contributed by atoms with van der Waals surface area (Å²) in [6.07, 6.45) is 3.91. The van der Waals surface area contributed by atoms with Gasteiger partial charge in [0.2, 0.25) is 0 Å². The lowest BCUT2D eigenvalue weighted by molar-refractivity contribution is 0.0193. The highest BCUT2D eigenvalue weighted by atomic mass is 16.6. The molecule has 7 heteroatoms. The molecule has 0 radical (unpaired) electrons. The van der Waals surface area contributed by atoms with Crippen LogP contribution in [0, 0.1) is 13.8 Å². The highest BCUT2D eigenvalue weighted by Crippen LogP contribution is 2.41. The number of fused-ring (bicyclic) bond motifs is 1. The minimum Gasteiger partial charge on any atom is -0.489 e. The van der Waals surface area contributed by atoms with Gasteiger partial charge in [-0.05, 0) is 88.8 Å². The van der Waals surface area contributed by atoms with Crippen LogP contribution in [0.1, 0.15) is 73.0 Å². The summed E-state index contributed by atoms with van der Waals surface area (Å²) in [6.45, 7) is 9.60. The van der Waals surface area contributed by atoms with E-state index in [9.17, 15) is 9.59 Å². The lowest BCUT2D eigenvalue weighted by atomic mass is 9.79. The maximum atomic E-state index is 12.9. The third kappa shape index (κ3) is 5.67. The molecule has 0 saturated heterocycles. The van der Waals surface area contributed by atoms with Gasteiger partial charge in [-0.2, -0.15) is 0 Å². The first-order chi connectivity index (χ1) is 17.5. The number of esters is 1. The van der Waals surface area contributed by atoms with E-state index in [1.807, 2.05) is 52.8 Å². The Morgan fingerprint density at radius 1 is 0.973 bits per heavy atom. The molecule has 1 saturated carbocycles. The molecule has 1 unspecified atom stereocenters. The number of aryl methyl sites for hydroxylation is 2. The Labute approximate surface area is 218 Å². The van der Waals surface area contributed by atoms with Gasteiger partial charge in [0.1, 0.15) is 17.5 Å². The molecule has 3 atom stereocenters. The summed E-state index contributed by atoms with van der Waals surface area (Å²) in [7, 11) is 3.13. The van der Waals surface area contributed by atoms with Crippen molar-refractivity contribution in [3.05, 3.63) is 64.8 Å². The Kier molecular flexibility index (Phi) is 7.64. The van der Waals surface area contributed by atoms with E-state index in [-0.39, 0.29) is 24.1 Å². The minimum atomic E-state index is -0.595. The number of methoxy groups -OCH3 is 2. The summed E-state index contributed by atoms with van der Waals surface area (Å²) in [5.74, 6) is 0.499. The van der Waals surface area contributed by atoms with Crippen LogP contribution in [0.4, 0.5) is 4.79 Å². The fraction of sp³-hybridized carbons (Fsp3) is 0.467. The Morgan fingerprint density at radius 3 is 2.30 bits per heavy atom. The van der Waals surface area contributed by atoms with E-state index in [4.69, 9.17) is 18.9 Å². The maximum Gasteiger partial charge on any atom is 0.419 e. The second-order valence-electron chi connectivity index (χ2n) is 10.8. The van der Waals surface area contributed by atoms with Crippen molar-refractivity contribution in [1.82, 2.24) is 4.57 Å². The van der Waals surface area contributed by atoms with Gasteiger partial charge in [0.15, 0.2) is 0 Å². The quantitative estimate of drug-likeness (QED) is 0.364. The zero-order valence-corrected chi connectivity index (χ0v) is 22.8. The van der Waals surface area contributed by atoms with Crippen molar-refractivity contribution in [2.45, 2.75) is 77.6 Å². The molecule has 1 aliphatic carbocycles. The molecule has 1 aliphatic rings. The van der Waals surface area contributed by atoms with Crippen LogP contribution in [0.2, 0.25) is 0 Å². The van der Waals surface area contributed by atoms with Crippen LogP contribution >= 0.6 is 0 Å². The molecule has 37 heavy (non-hydrogen) atoms. The minimum absolute atomic E-state index is 0.0779. The van der Waals surface area contributed by atoms with Gasteiger partial charge in [-0.1, -0.05) is 18.2 Å².